The fraction of sp³-hybridized carbons (Fsp3) is 0.235. The van der Waals surface area contributed by atoms with Crippen molar-refractivity contribution in [3.05, 3.63) is 47.5 Å². The Labute approximate surface area is 151 Å². The lowest BCUT2D eigenvalue weighted by Crippen LogP contribution is -2.17. The van der Waals surface area contributed by atoms with Gasteiger partial charge in [0.05, 0.1) is 23.2 Å². The average Bonchev–Trinajstić information content (AvgIpc) is 2.55. The standard InChI is InChI=1S/C17H20N2O6S/c1-10(2)25-13-5-3-12(4-6-13)19-26(23,24)14-7-11(9-20)16(21)15(8-14)17(18)22/h3-8,10,19-21H,9H2,1-2H3,(H2,18,22). The second kappa shape index (κ2) is 7.63. The summed E-state index contributed by atoms with van der Waals surface area (Å²) in [6.07, 6.45) is -0.0151. The molecule has 2 rings (SSSR count). The Morgan fingerprint density at radius 2 is 1.85 bits per heavy atom. The van der Waals surface area contributed by atoms with Crippen molar-refractivity contribution in [3.63, 3.8) is 0 Å². The number of sulfonamides is 1. The minimum atomic E-state index is -4.08. The lowest BCUT2D eigenvalue weighted by atomic mass is 10.1. The van der Waals surface area contributed by atoms with E-state index in [1.54, 1.807) is 12.1 Å². The highest BCUT2D eigenvalue weighted by Gasteiger charge is 2.21. The molecule has 9 heteroatoms. The third kappa shape index (κ3) is 4.44. The largest absolute Gasteiger partial charge is 0.507 e. The Bertz CT molecular complexity index is 908. The minimum absolute atomic E-state index is 0.0151. The normalized spacial score (nSPS) is 11.4. The molecule has 26 heavy (non-hydrogen) atoms. The zero-order valence-corrected chi connectivity index (χ0v) is 15.1. The van der Waals surface area contributed by atoms with Gasteiger partial charge in [0.15, 0.2) is 0 Å². The molecule has 5 N–H and O–H groups in total. The molecule has 0 saturated heterocycles. The summed E-state index contributed by atoms with van der Waals surface area (Å²) in [4.78, 5) is 11.1. The van der Waals surface area contributed by atoms with Crippen LogP contribution in [0.25, 0.3) is 0 Å². The number of ether oxygens (including phenoxy) is 1. The quantitative estimate of drug-likeness (QED) is 0.575. The second-order valence-corrected chi connectivity index (χ2v) is 7.48. The maximum atomic E-state index is 12.6. The third-order valence-corrected chi connectivity index (χ3v) is 4.75. The van der Waals surface area contributed by atoms with Crippen LogP contribution in [0, 0.1) is 0 Å². The molecule has 140 valence electrons. The number of aromatic hydroxyl groups is 1. The van der Waals surface area contributed by atoms with E-state index in [-0.39, 0.29) is 22.3 Å². The van der Waals surface area contributed by atoms with Crippen molar-refractivity contribution in [2.24, 2.45) is 5.73 Å². The highest BCUT2D eigenvalue weighted by molar-refractivity contribution is 7.92. The molecule has 0 aliphatic carbocycles. The summed E-state index contributed by atoms with van der Waals surface area (Å²) in [6.45, 7) is 3.09. The molecule has 1 amide bonds. The van der Waals surface area contributed by atoms with E-state index in [1.165, 1.54) is 12.1 Å². The molecule has 0 aliphatic rings. The van der Waals surface area contributed by atoms with Gasteiger partial charge < -0.3 is 20.7 Å². The summed E-state index contributed by atoms with van der Waals surface area (Å²) in [7, 11) is -4.08. The molecule has 0 atom stereocenters. The SMILES string of the molecule is CC(C)Oc1ccc(NS(=O)(=O)c2cc(CO)c(O)c(C(N)=O)c2)cc1. The van der Waals surface area contributed by atoms with E-state index in [1.807, 2.05) is 13.8 Å². The smallest absolute Gasteiger partial charge is 0.261 e. The number of phenols is 1. The van der Waals surface area contributed by atoms with Crippen molar-refractivity contribution in [1.29, 1.82) is 0 Å². The molecule has 0 aliphatic heterocycles. The first-order valence-electron chi connectivity index (χ1n) is 7.70. The first-order valence-corrected chi connectivity index (χ1v) is 9.18. The number of nitrogens with one attached hydrogen (secondary N) is 1. The number of hydrogen-bond donors (Lipinski definition) is 4. The van der Waals surface area contributed by atoms with Crippen molar-refractivity contribution >= 4 is 21.6 Å². The average molecular weight is 380 g/mol. The topological polar surface area (TPSA) is 139 Å². The van der Waals surface area contributed by atoms with Gasteiger partial charge in [-0.1, -0.05) is 0 Å². The first kappa shape index (κ1) is 19.5. The number of rotatable bonds is 7. The Kier molecular flexibility index (Phi) is 5.73. The van der Waals surface area contributed by atoms with E-state index in [0.29, 0.717) is 5.75 Å². The van der Waals surface area contributed by atoms with Gasteiger partial charge in [0.1, 0.15) is 11.5 Å². The van der Waals surface area contributed by atoms with Gasteiger partial charge in [-0.2, -0.15) is 0 Å². The highest BCUT2D eigenvalue weighted by atomic mass is 32.2. The van der Waals surface area contributed by atoms with Gasteiger partial charge in [0.25, 0.3) is 15.9 Å². The number of hydrogen-bond acceptors (Lipinski definition) is 6. The second-order valence-electron chi connectivity index (χ2n) is 5.80. The van der Waals surface area contributed by atoms with E-state index in [0.717, 1.165) is 12.1 Å². The summed E-state index contributed by atoms with van der Waals surface area (Å²) in [5, 5.41) is 19.1. The summed E-state index contributed by atoms with van der Waals surface area (Å²) < 4.78 is 33.0. The number of carbonyl (C=O) groups is 1. The molecule has 0 radical (unpaired) electrons. The maximum Gasteiger partial charge on any atom is 0.261 e. The molecule has 0 heterocycles. The number of primary amides is 1. The van der Waals surface area contributed by atoms with Crippen molar-refractivity contribution in [3.8, 4) is 11.5 Å². The van der Waals surface area contributed by atoms with E-state index in [4.69, 9.17) is 10.5 Å². The molecule has 0 bridgehead atoms. The summed E-state index contributed by atoms with van der Waals surface area (Å²) in [6, 6.07) is 8.30. The zero-order chi connectivity index (χ0) is 19.5. The summed E-state index contributed by atoms with van der Waals surface area (Å²) in [5.74, 6) is -0.968. The number of aliphatic hydroxyl groups is 1. The lowest BCUT2D eigenvalue weighted by Gasteiger charge is -2.13. The number of benzene rings is 2. The number of amides is 1. The van der Waals surface area contributed by atoms with E-state index in [9.17, 15) is 23.4 Å². The molecule has 0 fully saturated rings. The number of aliphatic hydroxyl groups excluding tert-OH is 1. The predicted molar refractivity (Wildman–Crippen MR) is 95.6 cm³/mol. The number of nitrogens with two attached hydrogens (primary N) is 1. The Morgan fingerprint density at radius 3 is 2.35 bits per heavy atom. The van der Waals surface area contributed by atoms with Gasteiger partial charge in [-0.3, -0.25) is 9.52 Å². The van der Waals surface area contributed by atoms with Gasteiger partial charge in [0.2, 0.25) is 0 Å². The van der Waals surface area contributed by atoms with Gasteiger partial charge in [-0.05, 0) is 50.2 Å². The molecule has 2 aromatic rings. The molecule has 0 aromatic heterocycles. The van der Waals surface area contributed by atoms with Crippen LogP contribution < -0.4 is 15.2 Å². The zero-order valence-electron chi connectivity index (χ0n) is 14.3. The van der Waals surface area contributed by atoms with Crippen LogP contribution in [-0.4, -0.2) is 30.6 Å². The molecule has 0 spiro atoms. The van der Waals surface area contributed by atoms with Crippen LogP contribution in [0.5, 0.6) is 11.5 Å². The van der Waals surface area contributed by atoms with Crippen molar-refractivity contribution in [2.75, 3.05) is 4.72 Å². The Balaban J connectivity index is 2.35. The minimum Gasteiger partial charge on any atom is -0.507 e. The van der Waals surface area contributed by atoms with Crippen LogP contribution >= 0.6 is 0 Å². The Morgan fingerprint density at radius 1 is 1.23 bits per heavy atom. The molecular formula is C17H20N2O6S. The van der Waals surface area contributed by atoms with Crippen LogP contribution in [0.4, 0.5) is 5.69 Å². The summed E-state index contributed by atoms with van der Waals surface area (Å²) >= 11 is 0. The van der Waals surface area contributed by atoms with Crippen LogP contribution in [0.2, 0.25) is 0 Å². The Hall–Kier alpha value is -2.78. The molecule has 2 aromatic carbocycles. The monoisotopic (exact) mass is 380 g/mol. The van der Waals surface area contributed by atoms with Crippen LogP contribution in [0.15, 0.2) is 41.3 Å². The fourth-order valence-corrected chi connectivity index (χ4v) is 3.35. The van der Waals surface area contributed by atoms with E-state index >= 15 is 0 Å². The third-order valence-electron chi connectivity index (χ3n) is 3.39. The van der Waals surface area contributed by atoms with Gasteiger partial charge in [-0.25, -0.2) is 8.42 Å². The number of carbonyl (C=O) groups excluding carboxylic acids is 1. The molecule has 0 unspecified atom stereocenters. The van der Waals surface area contributed by atoms with Crippen molar-refractivity contribution in [2.45, 2.75) is 31.5 Å². The van der Waals surface area contributed by atoms with Crippen molar-refractivity contribution < 1.29 is 28.2 Å². The highest BCUT2D eigenvalue weighted by Crippen LogP contribution is 2.28. The molecular weight excluding hydrogens is 360 g/mol. The summed E-state index contributed by atoms with van der Waals surface area (Å²) in [5.41, 5.74) is 4.91. The molecule has 0 saturated carbocycles. The van der Waals surface area contributed by atoms with Gasteiger partial charge in [-0.15, -0.1) is 0 Å². The van der Waals surface area contributed by atoms with Crippen LogP contribution in [-0.2, 0) is 16.6 Å². The van der Waals surface area contributed by atoms with Crippen LogP contribution in [0.1, 0.15) is 29.8 Å². The number of anilines is 1. The van der Waals surface area contributed by atoms with Crippen molar-refractivity contribution in [1.82, 2.24) is 0 Å². The van der Waals surface area contributed by atoms with Gasteiger partial charge >= 0.3 is 0 Å². The molecule has 8 nitrogen and oxygen atoms in total. The van der Waals surface area contributed by atoms with E-state index in [2.05, 4.69) is 4.72 Å². The maximum absolute atomic E-state index is 12.6. The fourth-order valence-electron chi connectivity index (χ4n) is 2.22. The predicted octanol–water partition coefficient (Wildman–Crippen LogP) is 1.57. The first-order chi connectivity index (χ1) is 12.1. The van der Waals surface area contributed by atoms with Gasteiger partial charge in [0, 0.05) is 11.3 Å². The van der Waals surface area contributed by atoms with Crippen LogP contribution in [0.3, 0.4) is 0 Å². The lowest BCUT2D eigenvalue weighted by molar-refractivity contribution is 0.0997. The van der Waals surface area contributed by atoms with E-state index < -0.39 is 33.9 Å².